The summed E-state index contributed by atoms with van der Waals surface area (Å²) in [6.45, 7) is 6.05. The van der Waals surface area contributed by atoms with Crippen LogP contribution < -0.4 is 10.2 Å². The average Bonchev–Trinajstić information content (AvgIpc) is 3.55. The standard InChI is InChI=1S/C30H26F3N5O2S/c1-18(2)24-13-4-19(3)14-26(24)38-27(39)16-41-29(38)36-28(40)35-22-9-5-20(6-10-22)25-15-37(17-34-25)23-11-7-21(8-12-23)30(31,32)33/h4-15,17-18H,16H2,1-3H3,(H,35,40)/b36-29-. The topological polar surface area (TPSA) is 79.6 Å². The average molecular weight is 578 g/mol. The zero-order valence-electron chi connectivity index (χ0n) is 22.4. The van der Waals surface area contributed by atoms with Crippen LogP contribution >= 0.6 is 11.8 Å². The Morgan fingerprint density at radius 1 is 1.05 bits per heavy atom. The summed E-state index contributed by atoms with van der Waals surface area (Å²) in [5.74, 6) is 0.249. The number of aromatic nitrogens is 2. The predicted molar refractivity (Wildman–Crippen MR) is 156 cm³/mol. The number of carbonyl (C=O) groups is 2. The number of benzene rings is 3. The molecular formula is C30H26F3N5O2S. The molecule has 210 valence electrons. The van der Waals surface area contributed by atoms with Gasteiger partial charge in [-0.05, 0) is 66.4 Å². The Balaban J connectivity index is 1.29. The molecule has 1 aromatic heterocycles. The second-order valence-corrected chi connectivity index (χ2v) is 10.8. The molecule has 0 unspecified atom stereocenters. The van der Waals surface area contributed by atoms with Gasteiger partial charge < -0.3 is 9.88 Å². The van der Waals surface area contributed by atoms with E-state index in [0.717, 1.165) is 34.5 Å². The number of aryl methyl sites for hydroxylation is 1. The van der Waals surface area contributed by atoms with Crippen LogP contribution in [-0.4, -0.2) is 32.4 Å². The number of hydrogen-bond acceptors (Lipinski definition) is 4. The van der Waals surface area contributed by atoms with E-state index in [1.165, 1.54) is 35.1 Å². The minimum atomic E-state index is -4.40. The Morgan fingerprint density at radius 3 is 2.41 bits per heavy atom. The molecule has 4 aromatic rings. The monoisotopic (exact) mass is 577 g/mol. The number of amides is 3. The van der Waals surface area contributed by atoms with E-state index in [1.54, 1.807) is 35.0 Å². The van der Waals surface area contributed by atoms with Crippen LogP contribution in [0.1, 0.15) is 36.5 Å². The third kappa shape index (κ3) is 6.19. The van der Waals surface area contributed by atoms with Gasteiger partial charge in [0.2, 0.25) is 5.91 Å². The van der Waals surface area contributed by atoms with Crippen molar-refractivity contribution in [1.82, 2.24) is 9.55 Å². The highest BCUT2D eigenvalue weighted by molar-refractivity contribution is 8.15. The Kier molecular flexibility index (Phi) is 7.72. The number of urea groups is 1. The maximum atomic E-state index is 12.8. The minimum absolute atomic E-state index is 0.130. The van der Waals surface area contributed by atoms with Crippen molar-refractivity contribution in [2.24, 2.45) is 4.99 Å². The third-order valence-electron chi connectivity index (χ3n) is 6.52. The molecule has 3 aromatic carbocycles. The number of nitrogens with one attached hydrogen (secondary N) is 1. The molecule has 5 rings (SSSR count). The zero-order chi connectivity index (χ0) is 29.3. The highest BCUT2D eigenvalue weighted by Crippen LogP contribution is 2.34. The molecule has 1 fully saturated rings. The molecule has 1 saturated heterocycles. The van der Waals surface area contributed by atoms with Gasteiger partial charge in [-0.3, -0.25) is 9.69 Å². The first kappa shape index (κ1) is 28.2. The van der Waals surface area contributed by atoms with E-state index >= 15 is 0 Å². The van der Waals surface area contributed by atoms with E-state index in [0.29, 0.717) is 22.2 Å². The first-order valence-electron chi connectivity index (χ1n) is 12.8. The van der Waals surface area contributed by atoms with E-state index in [4.69, 9.17) is 0 Å². The lowest BCUT2D eigenvalue weighted by Gasteiger charge is -2.22. The van der Waals surface area contributed by atoms with Crippen molar-refractivity contribution in [2.45, 2.75) is 32.9 Å². The van der Waals surface area contributed by atoms with Crippen LogP contribution in [0.25, 0.3) is 16.9 Å². The van der Waals surface area contributed by atoms with Crippen molar-refractivity contribution >= 4 is 40.2 Å². The number of imidazole rings is 1. The van der Waals surface area contributed by atoms with Gasteiger partial charge in [0, 0.05) is 23.1 Å². The van der Waals surface area contributed by atoms with Gasteiger partial charge in [-0.1, -0.05) is 49.9 Å². The van der Waals surface area contributed by atoms with E-state index in [9.17, 15) is 22.8 Å². The van der Waals surface area contributed by atoms with Crippen molar-refractivity contribution in [3.63, 3.8) is 0 Å². The Labute approximate surface area is 239 Å². The van der Waals surface area contributed by atoms with Crippen molar-refractivity contribution in [1.29, 1.82) is 0 Å². The van der Waals surface area contributed by atoms with Crippen LogP contribution in [0.2, 0.25) is 0 Å². The molecule has 1 aliphatic heterocycles. The largest absolute Gasteiger partial charge is 0.416 e. The van der Waals surface area contributed by atoms with Gasteiger partial charge in [0.1, 0.15) is 0 Å². The summed E-state index contributed by atoms with van der Waals surface area (Å²) in [7, 11) is 0. The lowest BCUT2D eigenvalue weighted by atomic mass is 9.99. The summed E-state index contributed by atoms with van der Waals surface area (Å²) < 4.78 is 40.2. The first-order valence-corrected chi connectivity index (χ1v) is 13.8. The second-order valence-electron chi connectivity index (χ2n) is 9.85. The number of thioether (sulfide) groups is 1. The number of anilines is 2. The van der Waals surface area contributed by atoms with Crippen LogP contribution in [0.15, 0.2) is 84.2 Å². The Bertz CT molecular complexity index is 1630. The van der Waals surface area contributed by atoms with Crippen molar-refractivity contribution < 1.29 is 22.8 Å². The van der Waals surface area contributed by atoms with Gasteiger partial charge in [0.05, 0.1) is 29.0 Å². The van der Waals surface area contributed by atoms with Crippen molar-refractivity contribution in [3.05, 3.63) is 95.9 Å². The third-order valence-corrected chi connectivity index (χ3v) is 7.44. The van der Waals surface area contributed by atoms with Crippen LogP contribution in [0, 0.1) is 6.92 Å². The molecule has 0 aliphatic carbocycles. The number of halogens is 3. The van der Waals surface area contributed by atoms with Crippen molar-refractivity contribution in [3.8, 4) is 16.9 Å². The number of rotatable bonds is 5. The summed E-state index contributed by atoms with van der Waals surface area (Å²) in [5.41, 5.74) is 4.43. The molecule has 0 bridgehead atoms. The minimum Gasteiger partial charge on any atom is -0.306 e. The summed E-state index contributed by atoms with van der Waals surface area (Å²) in [4.78, 5) is 35.6. The SMILES string of the molecule is Cc1ccc(C(C)C)c(N2C(=O)CS/C2=N\C(=O)Nc2ccc(-c3cn(-c4ccc(C(F)(F)F)cc4)cn3)cc2)c1. The highest BCUT2D eigenvalue weighted by atomic mass is 32.2. The van der Waals surface area contributed by atoms with Gasteiger partial charge >= 0.3 is 12.2 Å². The summed E-state index contributed by atoms with van der Waals surface area (Å²) in [6, 6.07) is 17.1. The van der Waals surface area contributed by atoms with Crippen LogP contribution in [0.5, 0.6) is 0 Å². The molecular weight excluding hydrogens is 551 g/mol. The number of hydrogen-bond donors (Lipinski definition) is 1. The fraction of sp³-hybridized carbons (Fsp3) is 0.200. The van der Waals surface area contributed by atoms with Gasteiger partial charge in [0.15, 0.2) is 5.17 Å². The fourth-order valence-corrected chi connectivity index (χ4v) is 5.27. The van der Waals surface area contributed by atoms with Crippen LogP contribution in [-0.2, 0) is 11.0 Å². The van der Waals surface area contributed by atoms with Crippen LogP contribution in [0.3, 0.4) is 0 Å². The van der Waals surface area contributed by atoms with E-state index in [2.05, 4.69) is 15.3 Å². The van der Waals surface area contributed by atoms with Gasteiger partial charge in [-0.15, -0.1) is 0 Å². The number of carbonyl (C=O) groups excluding carboxylic acids is 2. The van der Waals surface area contributed by atoms with Crippen LogP contribution in [0.4, 0.5) is 29.3 Å². The maximum Gasteiger partial charge on any atom is 0.416 e. The molecule has 1 N–H and O–H groups in total. The quantitative estimate of drug-likeness (QED) is 0.264. The normalized spacial score (nSPS) is 14.8. The van der Waals surface area contributed by atoms with Gasteiger partial charge in [-0.25, -0.2) is 9.78 Å². The van der Waals surface area contributed by atoms with E-state index in [-0.39, 0.29) is 17.6 Å². The summed E-state index contributed by atoms with van der Waals surface area (Å²) in [6.07, 6.45) is -1.16. The number of aliphatic imine (C=N–C) groups is 1. The first-order chi connectivity index (χ1) is 19.5. The molecule has 0 radical (unpaired) electrons. The molecule has 0 saturated carbocycles. The Morgan fingerprint density at radius 2 is 1.76 bits per heavy atom. The fourth-order valence-electron chi connectivity index (χ4n) is 4.42. The number of amidine groups is 1. The number of alkyl halides is 3. The predicted octanol–water partition coefficient (Wildman–Crippen LogP) is 7.66. The molecule has 11 heteroatoms. The maximum absolute atomic E-state index is 12.8. The zero-order valence-corrected chi connectivity index (χ0v) is 23.3. The highest BCUT2D eigenvalue weighted by Gasteiger charge is 2.32. The molecule has 7 nitrogen and oxygen atoms in total. The molecule has 3 amide bonds. The second kappa shape index (κ2) is 11.2. The summed E-state index contributed by atoms with van der Waals surface area (Å²) in [5, 5.41) is 3.06. The lowest BCUT2D eigenvalue weighted by Crippen LogP contribution is -2.31. The number of nitrogens with zero attached hydrogens (tertiary/aromatic N) is 4. The molecule has 0 atom stereocenters. The molecule has 41 heavy (non-hydrogen) atoms. The smallest absolute Gasteiger partial charge is 0.306 e. The molecule has 1 aliphatic rings. The van der Waals surface area contributed by atoms with Crippen molar-refractivity contribution in [2.75, 3.05) is 16.0 Å². The molecule has 0 spiro atoms. The lowest BCUT2D eigenvalue weighted by molar-refractivity contribution is -0.137. The van der Waals surface area contributed by atoms with E-state index < -0.39 is 17.8 Å². The summed E-state index contributed by atoms with van der Waals surface area (Å²) >= 11 is 1.22. The molecule has 2 heterocycles. The van der Waals surface area contributed by atoms with Gasteiger partial charge in [-0.2, -0.15) is 18.2 Å². The Hall–Kier alpha value is -4.38. The van der Waals surface area contributed by atoms with Gasteiger partial charge in [0.25, 0.3) is 0 Å². The van der Waals surface area contributed by atoms with E-state index in [1.807, 2.05) is 39.0 Å².